The van der Waals surface area contributed by atoms with E-state index in [2.05, 4.69) is 5.32 Å². The van der Waals surface area contributed by atoms with Crippen molar-refractivity contribution in [1.29, 1.82) is 5.26 Å². The Bertz CT molecular complexity index is 1180. The number of carbonyl (C=O) groups excluding carboxylic acids is 1. The van der Waals surface area contributed by atoms with Crippen molar-refractivity contribution in [2.45, 2.75) is 45.1 Å². The highest BCUT2D eigenvalue weighted by molar-refractivity contribution is 7.89. The van der Waals surface area contributed by atoms with Gasteiger partial charge in [0.05, 0.1) is 17.3 Å². The van der Waals surface area contributed by atoms with Crippen LogP contribution in [-0.4, -0.2) is 55.5 Å². The van der Waals surface area contributed by atoms with Crippen LogP contribution in [0.2, 0.25) is 10.0 Å². The van der Waals surface area contributed by atoms with E-state index in [0.29, 0.717) is 15.7 Å². The minimum atomic E-state index is -3.97. The molecule has 1 N–H and O–H groups in total. The van der Waals surface area contributed by atoms with Crippen LogP contribution in [0.15, 0.2) is 41.3 Å². The highest BCUT2D eigenvalue weighted by atomic mass is 35.5. The third-order valence-electron chi connectivity index (χ3n) is 4.76. The molecule has 2 aromatic carbocycles. The Labute approximate surface area is 217 Å². The number of hydrogen-bond donors (Lipinski definition) is 1. The minimum Gasteiger partial charge on any atom is -0.444 e. The van der Waals surface area contributed by atoms with Crippen molar-refractivity contribution in [3.05, 3.63) is 52.0 Å². The molecular weight excluding hydrogens is 511 g/mol. The first-order valence-corrected chi connectivity index (χ1v) is 13.3. The highest BCUT2D eigenvalue weighted by Crippen LogP contribution is 2.31. The molecule has 0 aliphatic carbocycles. The standard InChI is InChI=1S/C22H24Cl2N4O4S.C2H6/c1-22(2,3)32-21(29)27-6-8-28(9-7-27)33(30,31)20-10-15(14-25)4-5-19(20)26-18-12-16(23)11-17(24)13-18;1-2/h4-5,10-13,26H,6-9H2,1-3H3;1-2H3. The largest absolute Gasteiger partial charge is 0.444 e. The summed E-state index contributed by atoms with van der Waals surface area (Å²) in [4.78, 5) is 13.7. The number of halogens is 2. The number of nitrogens with zero attached hydrogens (tertiary/aromatic N) is 3. The van der Waals surface area contributed by atoms with Gasteiger partial charge in [-0.05, 0) is 57.2 Å². The van der Waals surface area contributed by atoms with Crippen molar-refractivity contribution in [2.24, 2.45) is 0 Å². The predicted octanol–water partition coefficient (Wildman–Crippen LogP) is 5.88. The number of nitrogens with one attached hydrogen (secondary N) is 1. The first-order chi connectivity index (χ1) is 16.4. The van der Waals surface area contributed by atoms with Crippen molar-refractivity contribution in [2.75, 3.05) is 31.5 Å². The van der Waals surface area contributed by atoms with E-state index in [9.17, 15) is 18.5 Å². The summed E-state index contributed by atoms with van der Waals surface area (Å²) in [6.45, 7) is 9.90. The molecule has 1 aliphatic rings. The van der Waals surface area contributed by atoms with Gasteiger partial charge in [-0.1, -0.05) is 37.0 Å². The van der Waals surface area contributed by atoms with Gasteiger partial charge in [0.1, 0.15) is 10.5 Å². The van der Waals surface area contributed by atoms with Crippen LogP contribution in [0.3, 0.4) is 0 Å². The summed E-state index contributed by atoms with van der Waals surface area (Å²) >= 11 is 12.1. The Morgan fingerprint density at radius 2 is 1.60 bits per heavy atom. The lowest BCUT2D eigenvalue weighted by atomic mass is 10.2. The van der Waals surface area contributed by atoms with Crippen LogP contribution in [0, 0.1) is 11.3 Å². The number of ether oxygens (including phenoxy) is 1. The normalized spacial score (nSPS) is 14.4. The van der Waals surface area contributed by atoms with Crippen molar-refractivity contribution in [3.8, 4) is 6.07 Å². The van der Waals surface area contributed by atoms with Gasteiger partial charge in [0.25, 0.3) is 0 Å². The number of amides is 1. The smallest absolute Gasteiger partial charge is 0.410 e. The molecule has 11 heteroatoms. The number of rotatable bonds is 4. The van der Waals surface area contributed by atoms with E-state index in [1.165, 1.54) is 27.4 Å². The fourth-order valence-corrected chi connectivity index (χ4v) is 5.39. The summed E-state index contributed by atoms with van der Waals surface area (Å²) in [5, 5.41) is 13.1. The Hall–Kier alpha value is -2.51. The van der Waals surface area contributed by atoms with Gasteiger partial charge >= 0.3 is 6.09 Å². The summed E-state index contributed by atoms with van der Waals surface area (Å²) in [7, 11) is -3.97. The fourth-order valence-electron chi connectivity index (χ4n) is 3.27. The topological polar surface area (TPSA) is 103 Å². The third kappa shape index (κ3) is 7.74. The zero-order valence-electron chi connectivity index (χ0n) is 20.4. The van der Waals surface area contributed by atoms with Gasteiger partial charge in [0.15, 0.2) is 0 Å². The maximum atomic E-state index is 13.5. The average molecular weight is 542 g/mol. The molecule has 0 spiro atoms. The zero-order chi connectivity index (χ0) is 26.4. The third-order valence-corrected chi connectivity index (χ3v) is 7.14. The molecule has 190 valence electrons. The molecule has 1 heterocycles. The lowest BCUT2D eigenvalue weighted by molar-refractivity contribution is 0.0192. The molecule has 0 unspecified atom stereocenters. The second kappa shape index (κ2) is 12.0. The second-order valence-corrected chi connectivity index (χ2v) is 11.3. The molecule has 1 fully saturated rings. The molecule has 8 nitrogen and oxygen atoms in total. The SMILES string of the molecule is CC.CC(C)(C)OC(=O)N1CCN(S(=O)(=O)c2cc(C#N)ccc2Nc2cc(Cl)cc(Cl)c2)CC1. The van der Waals surface area contributed by atoms with E-state index in [1.54, 1.807) is 39.0 Å². The van der Waals surface area contributed by atoms with Gasteiger partial charge in [0, 0.05) is 41.9 Å². The molecule has 0 radical (unpaired) electrons. The maximum absolute atomic E-state index is 13.5. The summed E-state index contributed by atoms with van der Waals surface area (Å²) in [6, 6.07) is 11.1. The van der Waals surface area contributed by atoms with E-state index in [1.807, 2.05) is 19.9 Å². The van der Waals surface area contributed by atoms with E-state index >= 15 is 0 Å². The molecule has 0 atom stereocenters. The van der Waals surface area contributed by atoms with E-state index in [0.717, 1.165) is 0 Å². The van der Waals surface area contributed by atoms with Crippen LogP contribution in [-0.2, 0) is 14.8 Å². The number of nitriles is 1. The Balaban J connectivity index is 0.00000210. The van der Waals surface area contributed by atoms with Crippen molar-refractivity contribution in [1.82, 2.24) is 9.21 Å². The van der Waals surface area contributed by atoms with Gasteiger partial charge in [-0.15, -0.1) is 0 Å². The molecule has 1 aliphatic heterocycles. The number of piperazine rings is 1. The second-order valence-electron chi connectivity index (χ2n) is 8.48. The minimum absolute atomic E-state index is 0.0524. The number of benzene rings is 2. The van der Waals surface area contributed by atoms with E-state index in [4.69, 9.17) is 27.9 Å². The Kier molecular flexibility index (Phi) is 9.81. The Morgan fingerprint density at radius 3 is 2.11 bits per heavy atom. The lowest BCUT2D eigenvalue weighted by Gasteiger charge is -2.35. The van der Waals surface area contributed by atoms with Crippen LogP contribution >= 0.6 is 23.2 Å². The number of hydrogen-bond acceptors (Lipinski definition) is 6. The molecule has 2 aromatic rings. The van der Waals surface area contributed by atoms with Gasteiger partial charge in [-0.3, -0.25) is 0 Å². The molecule has 0 aromatic heterocycles. The number of anilines is 2. The summed E-state index contributed by atoms with van der Waals surface area (Å²) in [5.41, 5.74) is 0.350. The van der Waals surface area contributed by atoms with Gasteiger partial charge in [-0.2, -0.15) is 9.57 Å². The monoisotopic (exact) mass is 540 g/mol. The summed E-state index contributed by atoms with van der Waals surface area (Å²) < 4.78 is 33.7. The van der Waals surface area contributed by atoms with Gasteiger partial charge in [-0.25, -0.2) is 13.2 Å². The zero-order valence-corrected chi connectivity index (χ0v) is 22.8. The van der Waals surface area contributed by atoms with E-state index in [-0.39, 0.29) is 42.3 Å². The predicted molar refractivity (Wildman–Crippen MR) is 139 cm³/mol. The molecule has 1 saturated heterocycles. The maximum Gasteiger partial charge on any atom is 0.410 e. The number of sulfonamides is 1. The molecule has 0 saturated carbocycles. The molecule has 1 amide bonds. The molecule has 3 rings (SSSR count). The molecule has 35 heavy (non-hydrogen) atoms. The number of carbonyl (C=O) groups is 1. The average Bonchev–Trinajstić information content (AvgIpc) is 2.79. The first-order valence-electron chi connectivity index (χ1n) is 11.1. The van der Waals surface area contributed by atoms with Crippen LogP contribution in [0.4, 0.5) is 16.2 Å². The first kappa shape index (κ1) is 28.7. The quantitative estimate of drug-likeness (QED) is 0.519. The van der Waals surface area contributed by atoms with Crippen LogP contribution < -0.4 is 5.32 Å². The summed E-state index contributed by atoms with van der Waals surface area (Å²) in [5.74, 6) is 0. The lowest BCUT2D eigenvalue weighted by Crippen LogP contribution is -2.51. The van der Waals surface area contributed by atoms with Crippen molar-refractivity contribution < 1.29 is 17.9 Å². The summed E-state index contributed by atoms with van der Waals surface area (Å²) in [6.07, 6.45) is -0.480. The van der Waals surface area contributed by atoms with Crippen LogP contribution in [0.5, 0.6) is 0 Å². The van der Waals surface area contributed by atoms with Crippen molar-refractivity contribution >= 4 is 50.7 Å². The van der Waals surface area contributed by atoms with Gasteiger partial charge < -0.3 is 15.0 Å². The Morgan fingerprint density at radius 1 is 1.03 bits per heavy atom. The van der Waals surface area contributed by atoms with Crippen molar-refractivity contribution in [3.63, 3.8) is 0 Å². The van der Waals surface area contributed by atoms with E-state index < -0.39 is 21.7 Å². The van der Waals surface area contributed by atoms with Crippen LogP contribution in [0.25, 0.3) is 0 Å². The highest BCUT2D eigenvalue weighted by Gasteiger charge is 2.33. The molecular formula is C24H30Cl2N4O4S. The molecule has 0 bridgehead atoms. The fraction of sp³-hybridized carbons (Fsp3) is 0.417. The van der Waals surface area contributed by atoms with Crippen LogP contribution in [0.1, 0.15) is 40.2 Å². The van der Waals surface area contributed by atoms with Gasteiger partial charge in [0.2, 0.25) is 10.0 Å².